The predicted molar refractivity (Wildman–Crippen MR) is 79.4 cm³/mol. The molecule has 0 radical (unpaired) electrons. The second kappa shape index (κ2) is 5.95. The maximum absolute atomic E-state index is 12.8. The van der Waals surface area contributed by atoms with E-state index in [1.807, 2.05) is 0 Å². The SMILES string of the molecule is CCOC(=O)c1cnn2cc(-c3cccc(C(F)(F)F)c3)cnc12. The van der Waals surface area contributed by atoms with E-state index in [0.29, 0.717) is 11.1 Å². The normalized spacial score (nSPS) is 11.7. The highest BCUT2D eigenvalue weighted by atomic mass is 19.4. The smallest absolute Gasteiger partial charge is 0.416 e. The molecular weight excluding hydrogens is 323 g/mol. The van der Waals surface area contributed by atoms with Gasteiger partial charge < -0.3 is 4.74 Å². The Hall–Kier alpha value is -2.90. The van der Waals surface area contributed by atoms with Crippen LogP contribution in [0.25, 0.3) is 16.8 Å². The Morgan fingerprint density at radius 2 is 2.04 bits per heavy atom. The number of carbonyl (C=O) groups is 1. The fourth-order valence-electron chi connectivity index (χ4n) is 2.25. The van der Waals surface area contributed by atoms with Crippen LogP contribution in [0.5, 0.6) is 0 Å². The fraction of sp³-hybridized carbons (Fsp3) is 0.188. The third-order valence-corrected chi connectivity index (χ3v) is 3.38. The maximum Gasteiger partial charge on any atom is 0.416 e. The van der Waals surface area contributed by atoms with E-state index in [4.69, 9.17) is 4.74 Å². The number of benzene rings is 1. The van der Waals surface area contributed by atoms with Gasteiger partial charge in [-0.3, -0.25) is 0 Å². The Morgan fingerprint density at radius 3 is 2.75 bits per heavy atom. The van der Waals surface area contributed by atoms with Gasteiger partial charge in [-0.15, -0.1) is 0 Å². The molecule has 0 aliphatic heterocycles. The van der Waals surface area contributed by atoms with Crippen LogP contribution in [0.1, 0.15) is 22.8 Å². The summed E-state index contributed by atoms with van der Waals surface area (Å²) in [7, 11) is 0. The Kier molecular flexibility index (Phi) is 3.96. The summed E-state index contributed by atoms with van der Waals surface area (Å²) in [6.45, 7) is 1.90. The zero-order valence-electron chi connectivity index (χ0n) is 12.5. The van der Waals surface area contributed by atoms with Gasteiger partial charge in [0.15, 0.2) is 5.65 Å². The molecule has 3 aromatic rings. The fourth-order valence-corrected chi connectivity index (χ4v) is 2.25. The molecule has 0 fully saturated rings. The minimum Gasteiger partial charge on any atom is -0.462 e. The Morgan fingerprint density at radius 1 is 1.25 bits per heavy atom. The largest absolute Gasteiger partial charge is 0.462 e. The number of halogens is 3. The molecule has 124 valence electrons. The lowest BCUT2D eigenvalue weighted by Gasteiger charge is -2.09. The van der Waals surface area contributed by atoms with E-state index in [9.17, 15) is 18.0 Å². The van der Waals surface area contributed by atoms with Crippen molar-refractivity contribution in [3.05, 3.63) is 54.0 Å². The van der Waals surface area contributed by atoms with Crippen LogP contribution in [0.15, 0.2) is 42.9 Å². The summed E-state index contributed by atoms with van der Waals surface area (Å²) in [5.41, 5.74) is 0.545. The molecule has 24 heavy (non-hydrogen) atoms. The summed E-state index contributed by atoms with van der Waals surface area (Å²) in [4.78, 5) is 15.9. The highest BCUT2D eigenvalue weighted by Gasteiger charge is 2.30. The van der Waals surface area contributed by atoms with E-state index in [-0.39, 0.29) is 17.8 Å². The summed E-state index contributed by atoms with van der Waals surface area (Å²) in [5, 5.41) is 4.01. The summed E-state index contributed by atoms with van der Waals surface area (Å²) in [6.07, 6.45) is -0.192. The molecule has 0 atom stereocenters. The number of esters is 1. The quantitative estimate of drug-likeness (QED) is 0.687. The van der Waals surface area contributed by atoms with Crippen molar-refractivity contribution >= 4 is 11.6 Å². The van der Waals surface area contributed by atoms with Crippen LogP contribution in [-0.2, 0) is 10.9 Å². The first-order valence-electron chi connectivity index (χ1n) is 7.08. The van der Waals surface area contributed by atoms with Gasteiger partial charge in [0.05, 0.1) is 18.4 Å². The zero-order valence-corrected chi connectivity index (χ0v) is 12.5. The number of nitrogens with zero attached hydrogens (tertiary/aromatic N) is 3. The van der Waals surface area contributed by atoms with Crippen molar-refractivity contribution in [2.45, 2.75) is 13.1 Å². The van der Waals surface area contributed by atoms with Crippen LogP contribution in [0, 0.1) is 0 Å². The topological polar surface area (TPSA) is 56.5 Å². The minimum absolute atomic E-state index is 0.201. The standard InChI is InChI=1S/C16H12F3N3O2/c1-2-24-15(23)13-8-21-22-9-11(7-20-14(13)22)10-4-3-5-12(6-10)16(17,18)19/h3-9H,2H2,1H3. The Balaban J connectivity index is 2.02. The van der Waals surface area contributed by atoms with E-state index < -0.39 is 17.7 Å². The second-order valence-electron chi connectivity index (χ2n) is 4.97. The molecule has 3 rings (SSSR count). The van der Waals surface area contributed by atoms with Crippen LogP contribution < -0.4 is 0 Å². The molecule has 1 aromatic carbocycles. The van der Waals surface area contributed by atoms with Gasteiger partial charge in [-0.05, 0) is 24.6 Å². The van der Waals surface area contributed by atoms with Crippen molar-refractivity contribution in [2.75, 3.05) is 6.61 Å². The predicted octanol–water partition coefficient (Wildman–Crippen LogP) is 3.59. The minimum atomic E-state index is -4.42. The monoisotopic (exact) mass is 335 g/mol. The first kappa shape index (κ1) is 16.0. The van der Waals surface area contributed by atoms with Crippen molar-refractivity contribution in [3.8, 4) is 11.1 Å². The number of alkyl halides is 3. The molecular formula is C16H12F3N3O2. The summed E-state index contributed by atoms with van der Waals surface area (Å²) >= 11 is 0. The molecule has 0 saturated heterocycles. The molecule has 5 nitrogen and oxygen atoms in total. The number of fused-ring (bicyclic) bond motifs is 1. The summed E-state index contributed by atoms with van der Waals surface area (Å²) in [6, 6.07) is 4.92. The maximum atomic E-state index is 12.8. The molecule has 0 aliphatic rings. The van der Waals surface area contributed by atoms with E-state index >= 15 is 0 Å². The molecule has 0 bridgehead atoms. The van der Waals surface area contributed by atoms with Gasteiger partial charge in [-0.2, -0.15) is 18.3 Å². The molecule has 2 aromatic heterocycles. The summed E-state index contributed by atoms with van der Waals surface area (Å²) < 4.78 is 44.7. The average Bonchev–Trinajstić information content (AvgIpc) is 2.97. The molecule has 8 heteroatoms. The van der Waals surface area contributed by atoms with Gasteiger partial charge in [-0.25, -0.2) is 14.3 Å². The number of aromatic nitrogens is 3. The van der Waals surface area contributed by atoms with Crippen molar-refractivity contribution in [3.63, 3.8) is 0 Å². The lowest BCUT2D eigenvalue weighted by atomic mass is 10.1. The molecule has 0 aliphatic carbocycles. The van der Waals surface area contributed by atoms with Crippen LogP contribution in [0.4, 0.5) is 13.2 Å². The first-order chi connectivity index (χ1) is 11.4. The highest BCUT2D eigenvalue weighted by Crippen LogP contribution is 2.32. The summed E-state index contributed by atoms with van der Waals surface area (Å²) in [5.74, 6) is -0.549. The van der Waals surface area contributed by atoms with Crippen molar-refractivity contribution in [1.29, 1.82) is 0 Å². The number of hydrogen-bond donors (Lipinski definition) is 0. The van der Waals surface area contributed by atoms with Crippen LogP contribution in [0.3, 0.4) is 0 Å². The van der Waals surface area contributed by atoms with E-state index in [1.165, 1.54) is 29.2 Å². The average molecular weight is 335 g/mol. The van der Waals surface area contributed by atoms with Crippen LogP contribution in [-0.4, -0.2) is 27.2 Å². The molecule has 0 saturated carbocycles. The number of ether oxygens (including phenoxy) is 1. The Labute approximate surface area is 134 Å². The van der Waals surface area contributed by atoms with Gasteiger partial charge in [0.1, 0.15) is 5.56 Å². The zero-order chi connectivity index (χ0) is 17.3. The van der Waals surface area contributed by atoms with Crippen molar-refractivity contribution < 1.29 is 22.7 Å². The third kappa shape index (κ3) is 2.94. The van der Waals surface area contributed by atoms with Crippen LogP contribution in [0.2, 0.25) is 0 Å². The number of carbonyl (C=O) groups excluding carboxylic acids is 1. The first-order valence-corrected chi connectivity index (χ1v) is 7.08. The van der Waals surface area contributed by atoms with E-state index in [1.54, 1.807) is 13.0 Å². The van der Waals surface area contributed by atoms with Gasteiger partial charge >= 0.3 is 12.1 Å². The third-order valence-electron chi connectivity index (χ3n) is 3.38. The lowest BCUT2D eigenvalue weighted by molar-refractivity contribution is -0.137. The van der Waals surface area contributed by atoms with Gasteiger partial charge in [0.2, 0.25) is 0 Å². The second-order valence-corrected chi connectivity index (χ2v) is 4.97. The van der Waals surface area contributed by atoms with E-state index in [2.05, 4.69) is 10.1 Å². The Bertz CT molecular complexity index is 903. The molecule has 0 unspecified atom stereocenters. The lowest BCUT2D eigenvalue weighted by Crippen LogP contribution is -2.05. The molecule has 0 N–H and O–H groups in total. The van der Waals surface area contributed by atoms with Crippen LogP contribution >= 0.6 is 0 Å². The van der Waals surface area contributed by atoms with Gasteiger partial charge in [-0.1, -0.05) is 12.1 Å². The van der Waals surface area contributed by atoms with E-state index in [0.717, 1.165) is 12.1 Å². The molecule has 0 amide bonds. The van der Waals surface area contributed by atoms with Crippen molar-refractivity contribution in [1.82, 2.24) is 14.6 Å². The highest BCUT2D eigenvalue weighted by molar-refractivity contribution is 5.95. The van der Waals surface area contributed by atoms with Crippen molar-refractivity contribution in [2.24, 2.45) is 0 Å². The molecule has 0 spiro atoms. The number of rotatable bonds is 3. The molecule has 2 heterocycles. The van der Waals surface area contributed by atoms with Gasteiger partial charge in [0.25, 0.3) is 0 Å². The number of hydrogen-bond acceptors (Lipinski definition) is 4. The van der Waals surface area contributed by atoms with Gasteiger partial charge in [0, 0.05) is 18.0 Å².